The molecule has 0 saturated carbocycles. The minimum Gasteiger partial charge on any atom is -0.480 e. The molecule has 0 bridgehead atoms. The highest BCUT2D eigenvalue weighted by molar-refractivity contribution is 5.84. The summed E-state index contributed by atoms with van der Waals surface area (Å²) in [6, 6.07) is 5.06. The van der Waals surface area contributed by atoms with Crippen LogP contribution in [0.5, 0.6) is 0 Å². The summed E-state index contributed by atoms with van der Waals surface area (Å²) in [6.45, 7) is 5.32. The van der Waals surface area contributed by atoms with Crippen LogP contribution in [-0.4, -0.2) is 23.0 Å². The smallest absolute Gasteiger partial charge is 0.326 e. The van der Waals surface area contributed by atoms with Crippen molar-refractivity contribution in [1.82, 2.24) is 5.32 Å². The lowest BCUT2D eigenvalue weighted by Gasteiger charge is -2.19. The van der Waals surface area contributed by atoms with Gasteiger partial charge < -0.3 is 10.4 Å². The summed E-state index contributed by atoms with van der Waals surface area (Å²) in [5.41, 5.74) is 0.845. The van der Waals surface area contributed by atoms with E-state index in [9.17, 15) is 14.0 Å². The number of rotatable bonds is 6. The second-order valence-corrected chi connectivity index (χ2v) is 5.28. The first-order valence-corrected chi connectivity index (χ1v) is 6.59. The molecule has 20 heavy (non-hydrogen) atoms. The average Bonchev–Trinajstić information content (AvgIpc) is 2.35. The Labute approximate surface area is 118 Å². The van der Waals surface area contributed by atoms with Crippen LogP contribution in [0.4, 0.5) is 4.39 Å². The second-order valence-electron chi connectivity index (χ2n) is 5.28. The predicted molar refractivity (Wildman–Crippen MR) is 73.8 cm³/mol. The van der Waals surface area contributed by atoms with Crippen LogP contribution < -0.4 is 5.32 Å². The maximum absolute atomic E-state index is 12.8. The molecule has 1 rings (SSSR count). The number of carbonyl (C=O) groups is 2. The fraction of sp³-hybridized carbons (Fsp3) is 0.467. The number of hydrogen-bond acceptors (Lipinski definition) is 2. The van der Waals surface area contributed by atoms with Crippen LogP contribution in [-0.2, 0) is 9.59 Å². The molecule has 0 heterocycles. The van der Waals surface area contributed by atoms with Gasteiger partial charge in [0.25, 0.3) is 0 Å². The molecule has 0 fully saturated rings. The van der Waals surface area contributed by atoms with Gasteiger partial charge in [-0.3, -0.25) is 4.79 Å². The summed E-state index contributed by atoms with van der Waals surface area (Å²) in [5, 5.41) is 11.5. The Morgan fingerprint density at radius 3 is 2.20 bits per heavy atom. The molecule has 2 unspecified atom stereocenters. The molecule has 0 aliphatic heterocycles. The summed E-state index contributed by atoms with van der Waals surface area (Å²) in [7, 11) is 0. The van der Waals surface area contributed by atoms with Crippen molar-refractivity contribution in [2.45, 2.75) is 39.2 Å². The van der Waals surface area contributed by atoms with Gasteiger partial charge in [0.05, 0.1) is 0 Å². The number of hydrogen-bond donors (Lipinski definition) is 2. The van der Waals surface area contributed by atoms with Crippen LogP contribution >= 0.6 is 0 Å². The number of carboxylic acids is 1. The Bertz CT molecular complexity index is 471. The molecule has 5 heteroatoms. The zero-order chi connectivity index (χ0) is 15.3. The average molecular weight is 281 g/mol. The Hall–Kier alpha value is -1.91. The maximum atomic E-state index is 12.8. The van der Waals surface area contributed by atoms with Crippen molar-refractivity contribution in [1.29, 1.82) is 0 Å². The van der Waals surface area contributed by atoms with Gasteiger partial charge in [-0.2, -0.15) is 0 Å². The van der Waals surface area contributed by atoms with Crippen molar-refractivity contribution >= 4 is 11.9 Å². The third-order valence-corrected chi connectivity index (χ3v) is 3.18. The highest BCUT2D eigenvalue weighted by atomic mass is 19.1. The van der Waals surface area contributed by atoms with E-state index < -0.39 is 12.0 Å². The van der Waals surface area contributed by atoms with Crippen LogP contribution in [0.15, 0.2) is 24.3 Å². The van der Waals surface area contributed by atoms with Gasteiger partial charge in [-0.15, -0.1) is 0 Å². The molecule has 0 aromatic heterocycles. The summed E-state index contributed by atoms with van der Waals surface area (Å²) < 4.78 is 12.8. The fourth-order valence-electron chi connectivity index (χ4n) is 1.93. The molecule has 110 valence electrons. The lowest BCUT2D eigenvalue weighted by atomic mass is 9.96. The monoisotopic (exact) mass is 281 g/mol. The van der Waals surface area contributed by atoms with Crippen molar-refractivity contribution < 1.29 is 19.1 Å². The first-order chi connectivity index (χ1) is 9.31. The first kappa shape index (κ1) is 16.1. The summed E-state index contributed by atoms with van der Waals surface area (Å²) in [5.74, 6) is -1.96. The zero-order valence-electron chi connectivity index (χ0n) is 11.9. The molecule has 2 N–H and O–H groups in total. The Kier molecular flexibility index (Phi) is 5.67. The van der Waals surface area contributed by atoms with E-state index in [0.29, 0.717) is 0 Å². The van der Waals surface area contributed by atoms with Crippen LogP contribution in [0, 0.1) is 11.7 Å². The van der Waals surface area contributed by atoms with E-state index in [1.165, 1.54) is 12.1 Å². The molecular formula is C15H20FNO3. The molecule has 1 amide bonds. The van der Waals surface area contributed by atoms with Crippen molar-refractivity contribution in [3.05, 3.63) is 35.6 Å². The summed E-state index contributed by atoms with van der Waals surface area (Å²) in [4.78, 5) is 22.9. The van der Waals surface area contributed by atoms with E-state index in [-0.39, 0.29) is 30.0 Å². The number of amides is 1. The number of carbonyl (C=O) groups excluding carboxylic acids is 1. The van der Waals surface area contributed by atoms with Gasteiger partial charge >= 0.3 is 5.97 Å². The normalized spacial score (nSPS) is 13.8. The second kappa shape index (κ2) is 7.03. The third kappa shape index (κ3) is 4.64. The molecule has 4 nitrogen and oxygen atoms in total. The molecule has 0 aliphatic rings. The van der Waals surface area contributed by atoms with Crippen molar-refractivity contribution in [2.75, 3.05) is 0 Å². The molecule has 1 aromatic carbocycles. The molecule has 0 saturated heterocycles. The largest absolute Gasteiger partial charge is 0.480 e. The van der Waals surface area contributed by atoms with Gasteiger partial charge in [-0.05, 0) is 29.5 Å². The lowest BCUT2D eigenvalue weighted by Crippen LogP contribution is -2.44. The number of benzene rings is 1. The van der Waals surface area contributed by atoms with Crippen molar-refractivity contribution in [2.24, 2.45) is 5.92 Å². The van der Waals surface area contributed by atoms with E-state index in [0.717, 1.165) is 5.56 Å². The SMILES string of the molecule is CC(CC(=O)NC(C(=O)O)C(C)C)c1ccc(F)cc1. The first-order valence-electron chi connectivity index (χ1n) is 6.59. The van der Waals surface area contributed by atoms with Crippen LogP contribution in [0.1, 0.15) is 38.7 Å². The molecule has 0 radical (unpaired) electrons. The number of nitrogens with one attached hydrogen (secondary N) is 1. The molecule has 2 atom stereocenters. The number of carboxylic acid groups (broad SMARTS) is 1. The Morgan fingerprint density at radius 2 is 1.75 bits per heavy atom. The van der Waals surface area contributed by atoms with Crippen LogP contribution in [0.3, 0.4) is 0 Å². The number of aliphatic carboxylic acids is 1. The van der Waals surface area contributed by atoms with E-state index >= 15 is 0 Å². The predicted octanol–water partition coefficient (Wildman–Crippen LogP) is 2.54. The highest BCUT2D eigenvalue weighted by Gasteiger charge is 2.24. The van der Waals surface area contributed by atoms with Crippen molar-refractivity contribution in [3.8, 4) is 0 Å². The lowest BCUT2D eigenvalue weighted by molar-refractivity contribution is -0.143. The van der Waals surface area contributed by atoms with Gasteiger partial charge in [-0.1, -0.05) is 32.9 Å². The quantitative estimate of drug-likeness (QED) is 0.842. The van der Waals surface area contributed by atoms with E-state index in [2.05, 4.69) is 5.32 Å². The van der Waals surface area contributed by atoms with Gasteiger partial charge in [-0.25, -0.2) is 9.18 Å². The summed E-state index contributed by atoms with van der Waals surface area (Å²) in [6.07, 6.45) is 0.169. The molecule has 0 spiro atoms. The molecule has 1 aromatic rings. The molecular weight excluding hydrogens is 261 g/mol. The standard InChI is InChI=1S/C15H20FNO3/c1-9(2)14(15(19)20)17-13(18)8-10(3)11-4-6-12(16)7-5-11/h4-7,9-10,14H,8H2,1-3H3,(H,17,18)(H,19,20). The third-order valence-electron chi connectivity index (χ3n) is 3.18. The Morgan fingerprint density at radius 1 is 1.20 bits per heavy atom. The van der Waals surface area contributed by atoms with E-state index in [4.69, 9.17) is 5.11 Å². The van der Waals surface area contributed by atoms with Crippen LogP contribution in [0.2, 0.25) is 0 Å². The fourth-order valence-corrected chi connectivity index (χ4v) is 1.93. The van der Waals surface area contributed by atoms with Crippen molar-refractivity contribution in [3.63, 3.8) is 0 Å². The summed E-state index contributed by atoms with van der Waals surface area (Å²) >= 11 is 0. The number of halogens is 1. The van der Waals surface area contributed by atoms with Gasteiger partial charge in [0.15, 0.2) is 0 Å². The van der Waals surface area contributed by atoms with E-state index in [1.807, 2.05) is 6.92 Å². The minimum absolute atomic E-state index is 0.0998. The topological polar surface area (TPSA) is 66.4 Å². The highest BCUT2D eigenvalue weighted by Crippen LogP contribution is 2.19. The van der Waals surface area contributed by atoms with Gasteiger partial charge in [0.2, 0.25) is 5.91 Å². The zero-order valence-corrected chi connectivity index (χ0v) is 11.9. The minimum atomic E-state index is -1.04. The van der Waals surface area contributed by atoms with E-state index in [1.54, 1.807) is 26.0 Å². The maximum Gasteiger partial charge on any atom is 0.326 e. The van der Waals surface area contributed by atoms with Crippen LogP contribution in [0.25, 0.3) is 0 Å². The Balaban J connectivity index is 2.61. The van der Waals surface area contributed by atoms with Gasteiger partial charge in [0.1, 0.15) is 11.9 Å². The molecule has 0 aliphatic carbocycles. The van der Waals surface area contributed by atoms with Gasteiger partial charge in [0, 0.05) is 6.42 Å².